The van der Waals surface area contributed by atoms with Crippen molar-refractivity contribution in [3.05, 3.63) is 63.1 Å². The van der Waals surface area contributed by atoms with Crippen molar-refractivity contribution in [3.63, 3.8) is 0 Å². The molecule has 30 heavy (non-hydrogen) atoms. The van der Waals surface area contributed by atoms with Gasteiger partial charge in [-0.2, -0.15) is 0 Å². The summed E-state index contributed by atoms with van der Waals surface area (Å²) in [6, 6.07) is 11.5. The van der Waals surface area contributed by atoms with Crippen molar-refractivity contribution in [2.75, 3.05) is 13.2 Å². The average molecular weight is 472 g/mol. The first-order valence-corrected chi connectivity index (χ1v) is 10.8. The molecule has 0 aromatic heterocycles. The van der Waals surface area contributed by atoms with Crippen molar-refractivity contribution in [2.45, 2.75) is 39.3 Å². The summed E-state index contributed by atoms with van der Waals surface area (Å²) >= 11 is 18.1. The molecule has 0 fully saturated rings. The van der Waals surface area contributed by atoms with Gasteiger partial charge >= 0.3 is 0 Å². The molecule has 1 atom stereocenters. The minimum Gasteiger partial charge on any atom is -0.494 e. The van der Waals surface area contributed by atoms with Gasteiger partial charge in [-0.05, 0) is 62.2 Å². The number of nitrogens with one attached hydrogen (secondary N) is 1. The molecular weight excluding hydrogens is 447 g/mol. The molecule has 8 heteroatoms. The Balaban J connectivity index is 2.01. The third-order valence-corrected chi connectivity index (χ3v) is 5.33. The molecule has 2 aromatic rings. The molecule has 0 radical (unpaired) electrons. The number of nitrogens with zero attached hydrogens (tertiary/aromatic N) is 1. The third-order valence-electron chi connectivity index (χ3n) is 4.49. The number of likely N-dealkylation sites (N-methyl/N-ethyl adjacent to an activating group) is 1. The lowest BCUT2D eigenvalue weighted by Gasteiger charge is -2.29. The molecule has 2 amide bonds. The smallest absolute Gasteiger partial charge is 0.242 e. The second-order valence-electron chi connectivity index (χ2n) is 6.73. The van der Waals surface area contributed by atoms with E-state index in [-0.39, 0.29) is 24.8 Å². The number of halogens is 3. The van der Waals surface area contributed by atoms with Crippen molar-refractivity contribution in [3.8, 4) is 5.75 Å². The zero-order chi connectivity index (χ0) is 22.1. The van der Waals surface area contributed by atoms with E-state index in [9.17, 15) is 9.59 Å². The highest BCUT2D eigenvalue weighted by molar-refractivity contribution is 6.35. The van der Waals surface area contributed by atoms with Crippen LogP contribution in [0.1, 0.15) is 32.3 Å². The predicted octanol–water partition coefficient (Wildman–Crippen LogP) is 5.36. The molecule has 0 bridgehead atoms. The number of benzene rings is 2. The summed E-state index contributed by atoms with van der Waals surface area (Å²) in [6.45, 7) is 4.61. The topological polar surface area (TPSA) is 58.6 Å². The first kappa shape index (κ1) is 24.3. The van der Waals surface area contributed by atoms with Crippen molar-refractivity contribution >= 4 is 46.6 Å². The minimum absolute atomic E-state index is 0.153. The Bertz CT molecular complexity index is 859. The number of amides is 2. The predicted molar refractivity (Wildman–Crippen MR) is 121 cm³/mol. The maximum absolute atomic E-state index is 12.9. The standard InChI is InChI=1S/C22H25Cl3N2O3/c1-3-26-22(29)15(2)27(14-16-6-7-18(24)13-20(16)25)21(28)5-4-12-30-19-10-8-17(23)9-11-19/h6-11,13,15H,3-5,12,14H2,1-2H3,(H,26,29)/t15-/m1/s1. The lowest BCUT2D eigenvalue weighted by atomic mass is 10.1. The summed E-state index contributed by atoms with van der Waals surface area (Å²) in [7, 11) is 0. The second-order valence-corrected chi connectivity index (χ2v) is 8.01. The van der Waals surface area contributed by atoms with Gasteiger partial charge in [0.25, 0.3) is 0 Å². The summed E-state index contributed by atoms with van der Waals surface area (Å²) in [5.74, 6) is 0.320. The van der Waals surface area contributed by atoms with Crippen LogP contribution in [0.2, 0.25) is 15.1 Å². The Morgan fingerprint density at radius 3 is 2.37 bits per heavy atom. The molecule has 0 unspecified atom stereocenters. The molecule has 0 saturated carbocycles. The van der Waals surface area contributed by atoms with Crippen LogP contribution < -0.4 is 10.1 Å². The van der Waals surface area contributed by atoms with E-state index < -0.39 is 6.04 Å². The maximum Gasteiger partial charge on any atom is 0.242 e. The molecule has 0 aliphatic heterocycles. The average Bonchev–Trinajstić information content (AvgIpc) is 2.71. The van der Waals surface area contributed by atoms with Crippen LogP contribution in [0.4, 0.5) is 0 Å². The Morgan fingerprint density at radius 1 is 1.07 bits per heavy atom. The van der Waals surface area contributed by atoms with E-state index in [2.05, 4.69) is 5.32 Å². The van der Waals surface area contributed by atoms with Crippen molar-refractivity contribution in [1.29, 1.82) is 0 Å². The summed E-state index contributed by atoms with van der Waals surface area (Å²) in [5, 5.41) is 4.36. The lowest BCUT2D eigenvalue weighted by Crippen LogP contribution is -2.47. The molecule has 0 heterocycles. The molecule has 0 saturated heterocycles. The Labute approximate surface area is 192 Å². The summed E-state index contributed by atoms with van der Waals surface area (Å²) in [4.78, 5) is 26.8. The number of carbonyl (C=O) groups excluding carboxylic acids is 2. The van der Waals surface area contributed by atoms with Crippen LogP contribution in [0.25, 0.3) is 0 Å². The van der Waals surface area contributed by atoms with E-state index >= 15 is 0 Å². The molecule has 162 valence electrons. The van der Waals surface area contributed by atoms with Crippen LogP contribution >= 0.6 is 34.8 Å². The van der Waals surface area contributed by atoms with Gasteiger partial charge in [-0.3, -0.25) is 9.59 Å². The maximum atomic E-state index is 12.9. The summed E-state index contributed by atoms with van der Waals surface area (Å²) in [6.07, 6.45) is 0.747. The van der Waals surface area contributed by atoms with Gasteiger partial charge in [-0.15, -0.1) is 0 Å². The molecule has 0 aliphatic rings. The molecule has 0 aliphatic carbocycles. The van der Waals surface area contributed by atoms with Gasteiger partial charge in [-0.1, -0.05) is 40.9 Å². The SMILES string of the molecule is CCNC(=O)[C@@H](C)N(Cc1ccc(Cl)cc1Cl)C(=O)CCCOc1ccc(Cl)cc1. The third kappa shape index (κ3) is 7.38. The van der Waals surface area contributed by atoms with Gasteiger partial charge in [-0.25, -0.2) is 0 Å². The molecular formula is C22H25Cl3N2O3. The van der Waals surface area contributed by atoms with Crippen molar-refractivity contribution < 1.29 is 14.3 Å². The zero-order valence-corrected chi connectivity index (χ0v) is 19.2. The highest BCUT2D eigenvalue weighted by Gasteiger charge is 2.26. The lowest BCUT2D eigenvalue weighted by molar-refractivity contribution is -0.140. The number of rotatable bonds is 10. The van der Waals surface area contributed by atoms with E-state index in [0.717, 1.165) is 5.56 Å². The van der Waals surface area contributed by atoms with E-state index in [0.29, 0.717) is 40.4 Å². The van der Waals surface area contributed by atoms with Crippen molar-refractivity contribution in [1.82, 2.24) is 10.2 Å². The Kier molecular flexibility index (Phi) is 9.76. The second kappa shape index (κ2) is 12.0. The van der Waals surface area contributed by atoms with Crippen LogP contribution in [0.5, 0.6) is 5.75 Å². The van der Waals surface area contributed by atoms with Gasteiger partial charge in [0.15, 0.2) is 0 Å². The van der Waals surface area contributed by atoms with Gasteiger partial charge in [0.1, 0.15) is 11.8 Å². The quantitative estimate of drug-likeness (QED) is 0.475. The largest absolute Gasteiger partial charge is 0.494 e. The number of hydrogen-bond acceptors (Lipinski definition) is 3. The van der Waals surface area contributed by atoms with E-state index in [1.54, 1.807) is 49.4 Å². The molecule has 2 aromatic carbocycles. The number of hydrogen-bond donors (Lipinski definition) is 1. The zero-order valence-electron chi connectivity index (χ0n) is 17.0. The fourth-order valence-corrected chi connectivity index (χ4v) is 3.42. The van der Waals surface area contributed by atoms with E-state index in [1.807, 2.05) is 6.92 Å². The highest BCUT2D eigenvalue weighted by Crippen LogP contribution is 2.23. The van der Waals surface area contributed by atoms with Gasteiger partial charge < -0.3 is 15.0 Å². The van der Waals surface area contributed by atoms with Crippen LogP contribution in [-0.2, 0) is 16.1 Å². The minimum atomic E-state index is -0.638. The molecule has 5 nitrogen and oxygen atoms in total. The summed E-state index contributed by atoms with van der Waals surface area (Å²) in [5.41, 5.74) is 0.725. The monoisotopic (exact) mass is 470 g/mol. The first-order valence-electron chi connectivity index (χ1n) is 9.71. The fourth-order valence-electron chi connectivity index (χ4n) is 2.83. The van der Waals surface area contributed by atoms with Gasteiger partial charge in [0, 0.05) is 34.6 Å². The molecule has 2 rings (SSSR count). The number of carbonyl (C=O) groups is 2. The summed E-state index contributed by atoms with van der Waals surface area (Å²) < 4.78 is 5.64. The normalized spacial score (nSPS) is 11.6. The van der Waals surface area contributed by atoms with Crippen LogP contribution in [0, 0.1) is 0 Å². The van der Waals surface area contributed by atoms with Crippen LogP contribution in [0.15, 0.2) is 42.5 Å². The van der Waals surface area contributed by atoms with Crippen molar-refractivity contribution in [2.24, 2.45) is 0 Å². The molecule has 0 spiro atoms. The Morgan fingerprint density at radius 2 is 1.73 bits per heavy atom. The van der Waals surface area contributed by atoms with Gasteiger partial charge in [0.05, 0.1) is 6.61 Å². The van der Waals surface area contributed by atoms with Gasteiger partial charge in [0.2, 0.25) is 11.8 Å². The fraction of sp³-hybridized carbons (Fsp3) is 0.364. The highest BCUT2D eigenvalue weighted by atomic mass is 35.5. The Hall–Kier alpha value is -1.95. The van der Waals surface area contributed by atoms with E-state index in [4.69, 9.17) is 39.5 Å². The number of ether oxygens (including phenoxy) is 1. The van der Waals surface area contributed by atoms with Crippen LogP contribution in [-0.4, -0.2) is 35.9 Å². The van der Waals surface area contributed by atoms with Crippen LogP contribution in [0.3, 0.4) is 0 Å². The van der Waals surface area contributed by atoms with E-state index in [1.165, 1.54) is 4.90 Å². The molecule has 1 N–H and O–H groups in total. The first-order chi connectivity index (χ1) is 14.3.